The minimum atomic E-state index is -0.540. The van der Waals surface area contributed by atoms with Crippen molar-refractivity contribution in [1.82, 2.24) is 4.57 Å². The number of benzene rings is 2. The van der Waals surface area contributed by atoms with Crippen LogP contribution < -0.4 is 0 Å². The highest BCUT2D eigenvalue weighted by atomic mass is 19.1. The topological polar surface area (TPSA) is 31.2 Å². The molecule has 2 aromatic carbocycles. The first-order valence-electron chi connectivity index (χ1n) is 8.56. The van der Waals surface area contributed by atoms with Crippen molar-refractivity contribution in [1.29, 1.82) is 0 Å². The molecule has 0 N–H and O–H groups in total. The normalized spacial score (nSPS) is 12.0. The van der Waals surface area contributed by atoms with E-state index in [-0.39, 0.29) is 5.82 Å². The first-order chi connectivity index (χ1) is 12.3. The predicted octanol–water partition coefficient (Wildman–Crippen LogP) is 5.18. The van der Waals surface area contributed by atoms with Crippen LogP contribution in [0.1, 0.15) is 32.0 Å². The van der Waals surface area contributed by atoms with Crippen LogP contribution in [-0.2, 0) is 16.1 Å². The molecular formula is C22H22FNO2. The van der Waals surface area contributed by atoms with Gasteiger partial charge in [0.2, 0.25) is 0 Å². The number of esters is 1. The Kier molecular flexibility index (Phi) is 4.94. The van der Waals surface area contributed by atoms with Crippen LogP contribution in [0, 0.1) is 5.82 Å². The molecule has 0 aliphatic rings. The van der Waals surface area contributed by atoms with E-state index in [1.54, 1.807) is 12.1 Å². The van der Waals surface area contributed by atoms with Gasteiger partial charge in [-0.1, -0.05) is 30.3 Å². The average molecular weight is 351 g/mol. The molecule has 3 rings (SSSR count). The molecule has 26 heavy (non-hydrogen) atoms. The molecule has 0 fully saturated rings. The third-order valence-corrected chi connectivity index (χ3v) is 3.88. The highest BCUT2D eigenvalue weighted by Crippen LogP contribution is 2.23. The van der Waals surface area contributed by atoms with Gasteiger partial charge in [0.15, 0.2) is 0 Å². The van der Waals surface area contributed by atoms with E-state index in [0.29, 0.717) is 6.54 Å². The first kappa shape index (κ1) is 17.9. The number of carbonyl (C=O) groups is 1. The molecule has 0 spiro atoms. The Labute approximate surface area is 152 Å². The highest BCUT2D eigenvalue weighted by molar-refractivity contribution is 5.90. The van der Waals surface area contributed by atoms with Crippen molar-refractivity contribution in [2.24, 2.45) is 0 Å². The van der Waals surface area contributed by atoms with Gasteiger partial charge in [0.25, 0.3) is 0 Å². The van der Waals surface area contributed by atoms with Gasteiger partial charge in [0, 0.05) is 23.7 Å². The molecule has 0 saturated heterocycles. The third kappa shape index (κ3) is 4.39. The number of halogens is 1. The van der Waals surface area contributed by atoms with Gasteiger partial charge < -0.3 is 9.30 Å². The van der Waals surface area contributed by atoms with E-state index in [1.807, 2.05) is 61.7 Å². The molecule has 3 nitrogen and oxygen atoms in total. The van der Waals surface area contributed by atoms with Crippen LogP contribution in [0.2, 0.25) is 0 Å². The van der Waals surface area contributed by atoms with Crippen LogP contribution in [0.15, 0.2) is 60.7 Å². The second-order valence-electron chi connectivity index (χ2n) is 7.21. The van der Waals surface area contributed by atoms with Crippen molar-refractivity contribution < 1.29 is 13.9 Å². The molecule has 0 unspecified atom stereocenters. The van der Waals surface area contributed by atoms with Crippen LogP contribution in [-0.4, -0.2) is 16.1 Å². The minimum Gasteiger partial charge on any atom is -0.457 e. The van der Waals surface area contributed by atoms with E-state index in [4.69, 9.17) is 4.74 Å². The lowest BCUT2D eigenvalue weighted by Gasteiger charge is -2.18. The van der Waals surface area contributed by atoms with Crippen molar-refractivity contribution in [2.75, 3.05) is 0 Å². The van der Waals surface area contributed by atoms with E-state index < -0.39 is 11.6 Å². The Bertz CT molecular complexity index is 949. The summed E-state index contributed by atoms with van der Waals surface area (Å²) in [5, 5.41) is 0.922. The maximum atomic E-state index is 13.8. The second-order valence-corrected chi connectivity index (χ2v) is 7.21. The Morgan fingerprint density at radius 1 is 1.12 bits per heavy atom. The molecular weight excluding hydrogens is 329 g/mol. The molecule has 134 valence electrons. The number of rotatable bonds is 4. The first-order valence-corrected chi connectivity index (χ1v) is 8.56. The van der Waals surface area contributed by atoms with E-state index in [9.17, 15) is 9.18 Å². The predicted molar refractivity (Wildman–Crippen MR) is 102 cm³/mol. The SMILES string of the molecule is CC(C)(C)OC(=O)C=Cc1cc2ccc(F)cc2n1Cc1ccccc1. The fraction of sp³-hybridized carbons (Fsp3) is 0.227. The van der Waals surface area contributed by atoms with E-state index in [0.717, 1.165) is 22.2 Å². The van der Waals surface area contributed by atoms with Crippen molar-refractivity contribution in [3.63, 3.8) is 0 Å². The van der Waals surface area contributed by atoms with Gasteiger partial charge >= 0.3 is 5.97 Å². The summed E-state index contributed by atoms with van der Waals surface area (Å²) in [6.45, 7) is 6.07. The number of carbonyl (C=O) groups excluding carboxylic acids is 1. The molecule has 0 saturated carbocycles. The quantitative estimate of drug-likeness (QED) is 0.479. The van der Waals surface area contributed by atoms with Gasteiger partial charge in [-0.2, -0.15) is 0 Å². The summed E-state index contributed by atoms with van der Waals surface area (Å²) in [5.41, 5.74) is 2.17. The Morgan fingerprint density at radius 3 is 2.54 bits per heavy atom. The molecule has 0 atom stereocenters. The zero-order valence-corrected chi connectivity index (χ0v) is 15.2. The molecule has 0 amide bonds. The van der Waals surface area contributed by atoms with Gasteiger partial charge in [0.1, 0.15) is 11.4 Å². The summed E-state index contributed by atoms with van der Waals surface area (Å²) >= 11 is 0. The maximum absolute atomic E-state index is 13.8. The number of aromatic nitrogens is 1. The molecule has 1 aromatic heterocycles. The molecule has 0 bridgehead atoms. The summed E-state index contributed by atoms with van der Waals surface area (Å²) in [7, 11) is 0. The van der Waals surface area contributed by atoms with Gasteiger partial charge in [-0.25, -0.2) is 9.18 Å². The Hall–Kier alpha value is -2.88. The molecule has 4 heteroatoms. The molecule has 1 heterocycles. The van der Waals surface area contributed by atoms with E-state index >= 15 is 0 Å². The summed E-state index contributed by atoms with van der Waals surface area (Å²) in [6, 6.07) is 16.6. The van der Waals surface area contributed by atoms with Gasteiger partial charge in [-0.05, 0) is 56.7 Å². The zero-order chi connectivity index (χ0) is 18.7. The van der Waals surface area contributed by atoms with Gasteiger partial charge in [-0.3, -0.25) is 0 Å². The lowest BCUT2D eigenvalue weighted by Crippen LogP contribution is -2.22. The van der Waals surface area contributed by atoms with E-state index in [2.05, 4.69) is 0 Å². The van der Waals surface area contributed by atoms with Crippen molar-refractivity contribution in [3.05, 3.63) is 77.7 Å². The fourth-order valence-electron chi connectivity index (χ4n) is 2.82. The average Bonchev–Trinajstić information content (AvgIpc) is 2.90. The van der Waals surface area contributed by atoms with E-state index in [1.165, 1.54) is 18.2 Å². The Morgan fingerprint density at radius 2 is 1.85 bits per heavy atom. The largest absolute Gasteiger partial charge is 0.457 e. The zero-order valence-electron chi connectivity index (χ0n) is 15.2. The van der Waals surface area contributed by atoms with Crippen LogP contribution in [0.3, 0.4) is 0 Å². The summed E-state index contributed by atoms with van der Waals surface area (Å²) in [6.07, 6.45) is 3.13. The van der Waals surface area contributed by atoms with Crippen molar-refractivity contribution >= 4 is 22.9 Å². The fourth-order valence-corrected chi connectivity index (χ4v) is 2.82. The van der Waals surface area contributed by atoms with Crippen LogP contribution in [0.25, 0.3) is 17.0 Å². The lowest BCUT2D eigenvalue weighted by atomic mass is 10.2. The number of nitrogens with zero attached hydrogens (tertiary/aromatic N) is 1. The summed E-state index contributed by atoms with van der Waals surface area (Å²) in [5.74, 6) is -0.687. The van der Waals surface area contributed by atoms with Crippen LogP contribution in [0.4, 0.5) is 4.39 Å². The lowest BCUT2D eigenvalue weighted by molar-refractivity contribution is -0.148. The van der Waals surface area contributed by atoms with Crippen molar-refractivity contribution in [2.45, 2.75) is 32.9 Å². The molecule has 3 aromatic rings. The molecule has 0 aliphatic carbocycles. The minimum absolute atomic E-state index is 0.285. The van der Waals surface area contributed by atoms with Crippen LogP contribution in [0.5, 0.6) is 0 Å². The van der Waals surface area contributed by atoms with Gasteiger partial charge in [-0.15, -0.1) is 0 Å². The van der Waals surface area contributed by atoms with Gasteiger partial charge in [0.05, 0.1) is 5.52 Å². The smallest absolute Gasteiger partial charge is 0.331 e. The summed E-state index contributed by atoms with van der Waals surface area (Å²) < 4.78 is 21.1. The standard InChI is InChI=1S/C22H22FNO2/c1-22(2,3)26-21(25)12-11-19-13-17-9-10-18(23)14-20(17)24(19)15-16-7-5-4-6-8-16/h4-14H,15H2,1-3H3. The highest BCUT2D eigenvalue weighted by Gasteiger charge is 2.14. The number of hydrogen-bond acceptors (Lipinski definition) is 2. The molecule has 0 radical (unpaired) electrons. The molecule has 0 aliphatic heterocycles. The Balaban J connectivity index is 1.98. The number of ether oxygens (including phenoxy) is 1. The third-order valence-electron chi connectivity index (χ3n) is 3.88. The second kappa shape index (κ2) is 7.16. The summed E-state index contributed by atoms with van der Waals surface area (Å²) in [4.78, 5) is 12.0. The maximum Gasteiger partial charge on any atom is 0.331 e. The number of fused-ring (bicyclic) bond motifs is 1. The van der Waals surface area contributed by atoms with Crippen LogP contribution >= 0.6 is 0 Å². The monoisotopic (exact) mass is 351 g/mol. The van der Waals surface area contributed by atoms with Crippen molar-refractivity contribution in [3.8, 4) is 0 Å². The number of hydrogen-bond donors (Lipinski definition) is 0.